The van der Waals surface area contributed by atoms with E-state index in [9.17, 15) is 14.7 Å². The van der Waals surface area contributed by atoms with Gasteiger partial charge >= 0.3 is 0 Å². The van der Waals surface area contributed by atoms with Gasteiger partial charge in [-0.3, -0.25) is 19.5 Å². The number of carbonyl (C=O) groups is 2. The second kappa shape index (κ2) is 6.51. The van der Waals surface area contributed by atoms with Crippen molar-refractivity contribution in [2.75, 3.05) is 4.90 Å². The van der Waals surface area contributed by atoms with E-state index in [-0.39, 0.29) is 17.3 Å². The molecule has 2 heterocycles. The second-order valence-corrected chi connectivity index (χ2v) is 6.48. The highest BCUT2D eigenvalue weighted by Gasteiger charge is 2.44. The van der Waals surface area contributed by atoms with Crippen LogP contribution in [0.2, 0.25) is 0 Å². The molecule has 0 spiro atoms. The Labute approximate surface area is 146 Å². The maximum atomic E-state index is 12.8. The van der Waals surface area contributed by atoms with Crippen LogP contribution in [0.15, 0.2) is 60.1 Å². The van der Waals surface area contributed by atoms with E-state index in [2.05, 4.69) is 4.98 Å². The number of aliphatic hydroxyl groups excluding tert-OH is 1. The summed E-state index contributed by atoms with van der Waals surface area (Å²) in [4.78, 5) is 31.0. The molecule has 1 amide bonds. The van der Waals surface area contributed by atoms with Crippen molar-refractivity contribution in [2.24, 2.45) is 5.92 Å². The predicted molar refractivity (Wildman–Crippen MR) is 95.1 cm³/mol. The number of carbonyl (C=O) groups excluding carboxylic acids is 2. The molecule has 1 aliphatic rings. The van der Waals surface area contributed by atoms with Gasteiger partial charge in [-0.25, -0.2) is 0 Å². The first-order chi connectivity index (χ1) is 11.9. The lowest BCUT2D eigenvalue weighted by Crippen LogP contribution is -2.31. The molecule has 1 aliphatic heterocycles. The third-order valence-corrected chi connectivity index (χ3v) is 4.31. The van der Waals surface area contributed by atoms with Crippen LogP contribution in [0.1, 0.15) is 31.0 Å². The van der Waals surface area contributed by atoms with Crippen LogP contribution in [0, 0.1) is 12.8 Å². The van der Waals surface area contributed by atoms with Crippen LogP contribution in [0.4, 0.5) is 5.69 Å². The average Bonchev–Trinajstić information content (AvgIpc) is 2.87. The topological polar surface area (TPSA) is 70.5 Å². The smallest absolute Gasteiger partial charge is 0.294 e. The highest BCUT2D eigenvalue weighted by molar-refractivity contribution is 6.16. The van der Waals surface area contributed by atoms with E-state index in [1.165, 1.54) is 4.90 Å². The fourth-order valence-corrected chi connectivity index (χ4v) is 2.99. The number of aryl methyl sites for hydroxylation is 1. The molecule has 128 valence electrons. The van der Waals surface area contributed by atoms with Gasteiger partial charge in [0.2, 0.25) is 0 Å². The molecule has 0 saturated heterocycles. The van der Waals surface area contributed by atoms with Crippen LogP contribution in [0.5, 0.6) is 0 Å². The van der Waals surface area contributed by atoms with Crippen molar-refractivity contribution in [1.29, 1.82) is 0 Å². The lowest BCUT2D eigenvalue weighted by Gasteiger charge is -2.27. The van der Waals surface area contributed by atoms with Gasteiger partial charge in [0.05, 0.1) is 11.6 Å². The molecular weight excluding hydrogens is 316 g/mol. The van der Waals surface area contributed by atoms with Gasteiger partial charge in [-0.1, -0.05) is 37.6 Å². The predicted octanol–water partition coefficient (Wildman–Crippen LogP) is 3.52. The Hall–Kier alpha value is -2.95. The first kappa shape index (κ1) is 16.9. The summed E-state index contributed by atoms with van der Waals surface area (Å²) in [6.45, 7) is 5.46. The standard InChI is InChI=1S/C20H20N2O3/c1-12(2)18(23)16-17(14-5-4-10-21-11-14)22(20(25)19(16)24)15-8-6-13(3)7-9-15/h4-12,17,24H,1-3H3. The summed E-state index contributed by atoms with van der Waals surface area (Å²) in [7, 11) is 0. The summed E-state index contributed by atoms with van der Waals surface area (Å²) in [5, 5.41) is 10.4. The van der Waals surface area contributed by atoms with Crippen molar-refractivity contribution in [3.63, 3.8) is 0 Å². The number of benzene rings is 1. The van der Waals surface area contributed by atoms with Gasteiger partial charge in [0.15, 0.2) is 11.5 Å². The number of aliphatic hydroxyl groups is 1. The van der Waals surface area contributed by atoms with Gasteiger partial charge in [-0.15, -0.1) is 0 Å². The Bertz CT molecular complexity index is 839. The number of amides is 1. The van der Waals surface area contributed by atoms with Gasteiger partial charge in [0, 0.05) is 24.0 Å². The molecule has 5 nitrogen and oxygen atoms in total. The van der Waals surface area contributed by atoms with E-state index < -0.39 is 17.7 Å². The largest absolute Gasteiger partial charge is 0.503 e. The number of hydrogen-bond donors (Lipinski definition) is 1. The third-order valence-electron chi connectivity index (χ3n) is 4.31. The number of hydrogen-bond acceptors (Lipinski definition) is 4. The summed E-state index contributed by atoms with van der Waals surface area (Å²) >= 11 is 0. The first-order valence-corrected chi connectivity index (χ1v) is 8.19. The van der Waals surface area contributed by atoms with E-state index >= 15 is 0 Å². The molecule has 2 aromatic rings. The van der Waals surface area contributed by atoms with Crippen LogP contribution >= 0.6 is 0 Å². The van der Waals surface area contributed by atoms with Crippen molar-refractivity contribution in [2.45, 2.75) is 26.8 Å². The maximum Gasteiger partial charge on any atom is 0.294 e. The molecule has 1 N–H and O–H groups in total. The lowest BCUT2D eigenvalue weighted by molar-refractivity contribution is -0.119. The molecule has 1 aromatic carbocycles. The monoisotopic (exact) mass is 336 g/mol. The zero-order chi connectivity index (χ0) is 18.1. The van der Waals surface area contributed by atoms with Crippen molar-refractivity contribution in [1.82, 2.24) is 4.98 Å². The lowest BCUT2D eigenvalue weighted by atomic mass is 9.92. The molecule has 1 aromatic heterocycles. The highest BCUT2D eigenvalue weighted by Crippen LogP contribution is 2.41. The molecule has 0 radical (unpaired) electrons. The van der Waals surface area contributed by atoms with E-state index in [4.69, 9.17) is 0 Å². The normalized spacial score (nSPS) is 17.5. The molecule has 3 rings (SSSR count). The van der Waals surface area contributed by atoms with E-state index in [1.807, 2.05) is 31.2 Å². The number of aromatic nitrogens is 1. The fourth-order valence-electron chi connectivity index (χ4n) is 2.99. The van der Waals surface area contributed by atoms with Crippen molar-refractivity contribution >= 4 is 17.4 Å². The minimum atomic E-state index is -0.682. The zero-order valence-corrected chi connectivity index (χ0v) is 14.4. The molecule has 1 atom stereocenters. The van der Waals surface area contributed by atoms with Gasteiger partial charge in [0.25, 0.3) is 5.91 Å². The third kappa shape index (κ3) is 2.93. The minimum absolute atomic E-state index is 0.133. The van der Waals surface area contributed by atoms with Crippen LogP contribution in [-0.2, 0) is 9.59 Å². The Morgan fingerprint density at radius 3 is 2.44 bits per heavy atom. The number of nitrogens with zero attached hydrogens (tertiary/aromatic N) is 2. The number of anilines is 1. The first-order valence-electron chi connectivity index (χ1n) is 8.19. The number of ketones is 1. The summed E-state index contributed by atoms with van der Waals surface area (Å²) in [5.74, 6) is -1.62. The number of Topliss-reactive ketones (excluding diaryl/α,β-unsaturated/α-hetero) is 1. The van der Waals surface area contributed by atoms with Gasteiger partial charge in [-0.2, -0.15) is 0 Å². The van der Waals surface area contributed by atoms with Crippen LogP contribution in [0.3, 0.4) is 0 Å². The van der Waals surface area contributed by atoms with Crippen LogP contribution in [-0.4, -0.2) is 21.8 Å². The van der Waals surface area contributed by atoms with E-state index in [0.29, 0.717) is 11.3 Å². The molecule has 0 fully saturated rings. The van der Waals surface area contributed by atoms with Crippen LogP contribution < -0.4 is 4.90 Å². The summed E-state index contributed by atoms with van der Waals surface area (Å²) in [5.41, 5.74) is 2.50. The molecule has 0 bridgehead atoms. The Kier molecular flexibility index (Phi) is 4.40. The van der Waals surface area contributed by atoms with Crippen molar-refractivity contribution in [3.05, 3.63) is 71.3 Å². The van der Waals surface area contributed by atoms with E-state index in [1.54, 1.807) is 38.4 Å². The summed E-state index contributed by atoms with van der Waals surface area (Å²) in [6, 6.07) is 10.3. The Balaban J connectivity index is 2.17. The van der Waals surface area contributed by atoms with Gasteiger partial charge in [0.1, 0.15) is 0 Å². The average molecular weight is 336 g/mol. The summed E-state index contributed by atoms with van der Waals surface area (Å²) < 4.78 is 0. The van der Waals surface area contributed by atoms with E-state index in [0.717, 1.165) is 5.56 Å². The van der Waals surface area contributed by atoms with Gasteiger partial charge in [-0.05, 0) is 30.7 Å². The fraction of sp³-hybridized carbons (Fsp3) is 0.250. The summed E-state index contributed by atoms with van der Waals surface area (Å²) in [6.07, 6.45) is 3.25. The quantitative estimate of drug-likeness (QED) is 0.927. The van der Waals surface area contributed by atoms with Crippen LogP contribution in [0.25, 0.3) is 0 Å². The minimum Gasteiger partial charge on any atom is -0.503 e. The molecular formula is C20H20N2O3. The van der Waals surface area contributed by atoms with Gasteiger partial charge < -0.3 is 5.11 Å². The van der Waals surface area contributed by atoms with Crippen molar-refractivity contribution < 1.29 is 14.7 Å². The Morgan fingerprint density at radius 2 is 1.88 bits per heavy atom. The second-order valence-electron chi connectivity index (χ2n) is 6.48. The molecule has 5 heteroatoms. The SMILES string of the molecule is Cc1ccc(N2C(=O)C(O)=C(C(=O)C(C)C)C2c2cccnc2)cc1. The van der Waals surface area contributed by atoms with Crippen molar-refractivity contribution in [3.8, 4) is 0 Å². The molecule has 25 heavy (non-hydrogen) atoms. The number of rotatable bonds is 4. The highest BCUT2D eigenvalue weighted by atomic mass is 16.3. The maximum absolute atomic E-state index is 12.8. The zero-order valence-electron chi connectivity index (χ0n) is 14.4. The number of pyridine rings is 1. The molecule has 0 aliphatic carbocycles. The molecule has 0 saturated carbocycles. The molecule has 1 unspecified atom stereocenters. The Morgan fingerprint density at radius 1 is 1.20 bits per heavy atom.